The number of thioether (sulfide) groups is 1. The number of carbonyl (C=O) groups excluding carboxylic acids is 2. The maximum Gasteiger partial charge on any atom is 0.315 e. The number of nitrogens with one attached hydrogen (secondary N) is 2. The van der Waals surface area contributed by atoms with Crippen LogP contribution in [0.5, 0.6) is 0 Å². The molecule has 0 saturated carbocycles. The zero-order chi connectivity index (χ0) is 17.9. The summed E-state index contributed by atoms with van der Waals surface area (Å²) in [5, 5.41) is 15.0. The van der Waals surface area contributed by atoms with Crippen LogP contribution >= 0.6 is 11.8 Å². The molecule has 0 radical (unpaired) electrons. The van der Waals surface area contributed by atoms with Gasteiger partial charge in [0, 0.05) is 30.5 Å². The molecule has 25 heavy (non-hydrogen) atoms. The van der Waals surface area contributed by atoms with Crippen molar-refractivity contribution in [3.63, 3.8) is 0 Å². The van der Waals surface area contributed by atoms with Crippen molar-refractivity contribution in [2.45, 2.75) is 55.9 Å². The molecule has 0 bridgehead atoms. The maximum atomic E-state index is 11.9. The lowest BCUT2D eigenvalue weighted by atomic mass is 10.0. The second-order valence-electron chi connectivity index (χ2n) is 6.46. The number of unbranched alkanes of at least 4 members (excludes halogenated alkanes) is 1. The first kappa shape index (κ1) is 20.5. The van der Waals surface area contributed by atoms with Crippen LogP contribution in [0.1, 0.15) is 38.5 Å². The summed E-state index contributed by atoms with van der Waals surface area (Å²) in [6.07, 6.45) is 4.96. The van der Waals surface area contributed by atoms with Crippen LogP contribution in [-0.4, -0.2) is 73.0 Å². The Labute approximate surface area is 153 Å². The van der Waals surface area contributed by atoms with Gasteiger partial charge in [0.15, 0.2) is 0 Å². The van der Waals surface area contributed by atoms with Gasteiger partial charge in [-0.1, -0.05) is 6.42 Å². The number of aliphatic hydroxyl groups is 1. The molecule has 3 atom stereocenters. The van der Waals surface area contributed by atoms with Crippen LogP contribution in [-0.2, 0) is 14.3 Å². The van der Waals surface area contributed by atoms with Crippen molar-refractivity contribution in [1.29, 1.82) is 0 Å². The Kier molecular flexibility index (Phi) is 9.60. The molecule has 2 fully saturated rings. The lowest BCUT2D eigenvalue weighted by Crippen LogP contribution is -2.36. The van der Waals surface area contributed by atoms with Gasteiger partial charge in [0.2, 0.25) is 0 Å². The van der Waals surface area contributed by atoms with Crippen molar-refractivity contribution < 1.29 is 24.2 Å². The van der Waals surface area contributed by atoms with Crippen LogP contribution in [0, 0.1) is 0 Å². The Hall–Kier alpha value is -0.830. The number of ketones is 1. The lowest BCUT2D eigenvalue weighted by molar-refractivity contribution is -0.119. The molecule has 2 saturated heterocycles. The predicted octanol–water partition coefficient (Wildman–Crippen LogP) is 1.09. The summed E-state index contributed by atoms with van der Waals surface area (Å²) in [5.41, 5.74) is 0. The summed E-state index contributed by atoms with van der Waals surface area (Å²) in [4.78, 5) is 23.2. The SMILES string of the molecule is O=C(CCCC[C@@H]1SC[C@@H]2NC(=O)N[C@@H]21)CCCOCCOCCO. The number of rotatable bonds is 14. The van der Waals surface area contributed by atoms with Crippen molar-refractivity contribution in [3.8, 4) is 0 Å². The quantitative estimate of drug-likeness (QED) is 0.311. The Morgan fingerprint density at radius 2 is 1.84 bits per heavy atom. The Morgan fingerprint density at radius 3 is 2.64 bits per heavy atom. The molecule has 0 aromatic rings. The van der Waals surface area contributed by atoms with Gasteiger partial charge < -0.3 is 25.2 Å². The highest BCUT2D eigenvalue weighted by Crippen LogP contribution is 2.33. The van der Waals surface area contributed by atoms with E-state index in [0.717, 1.165) is 31.4 Å². The van der Waals surface area contributed by atoms with E-state index in [9.17, 15) is 9.59 Å². The summed E-state index contributed by atoms with van der Waals surface area (Å²) < 4.78 is 10.4. The van der Waals surface area contributed by atoms with Crippen molar-refractivity contribution in [3.05, 3.63) is 0 Å². The summed E-state index contributed by atoms with van der Waals surface area (Å²) in [6.45, 7) is 1.92. The van der Waals surface area contributed by atoms with Crippen LogP contribution in [0.25, 0.3) is 0 Å². The number of carbonyl (C=O) groups is 2. The minimum Gasteiger partial charge on any atom is -0.394 e. The molecule has 2 aliphatic heterocycles. The number of amides is 2. The number of Topliss-reactive ketones (excluding diaryl/α,β-unsaturated/α-hetero) is 1. The standard InChI is InChI=1S/C17H30N2O5S/c20-7-9-24-11-10-23-8-3-5-13(21)4-1-2-6-15-16-14(12-25-15)18-17(22)19-16/h14-16,20H,1-12H2,(H2,18,19,22)/t14-,15-,16-/m0/s1. The molecule has 7 nitrogen and oxygen atoms in total. The third-order valence-corrected chi connectivity index (χ3v) is 5.99. The summed E-state index contributed by atoms with van der Waals surface area (Å²) in [6, 6.07) is 0.488. The minimum atomic E-state index is -0.0438. The zero-order valence-corrected chi connectivity index (χ0v) is 15.5. The molecule has 2 heterocycles. The third kappa shape index (κ3) is 7.52. The van der Waals surface area contributed by atoms with Crippen LogP contribution < -0.4 is 10.6 Å². The van der Waals surface area contributed by atoms with E-state index < -0.39 is 0 Å². The molecule has 2 aliphatic rings. The van der Waals surface area contributed by atoms with E-state index in [1.165, 1.54) is 0 Å². The molecule has 2 amide bonds. The topological polar surface area (TPSA) is 96.9 Å². The molecule has 0 spiro atoms. The molecular formula is C17H30N2O5S. The second-order valence-corrected chi connectivity index (χ2v) is 7.73. The van der Waals surface area contributed by atoms with E-state index in [1.54, 1.807) is 0 Å². The van der Waals surface area contributed by atoms with Crippen LogP contribution in [0.15, 0.2) is 0 Å². The monoisotopic (exact) mass is 374 g/mol. The second kappa shape index (κ2) is 11.7. The maximum absolute atomic E-state index is 11.9. The predicted molar refractivity (Wildman–Crippen MR) is 96.9 cm³/mol. The average Bonchev–Trinajstić information content (AvgIpc) is 3.13. The molecule has 3 N–H and O–H groups in total. The lowest BCUT2D eigenvalue weighted by Gasteiger charge is -2.16. The first-order chi connectivity index (χ1) is 12.2. The molecule has 0 aromatic heterocycles. The number of ether oxygens (including phenoxy) is 2. The molecule has 8 heteroatoms. The smallest absolute Gasteiger partial charge is 0.315 e. The minimum absolute atomic E-state index is 0.0285. The van der Waals surface area contributed by atoms with Gasteiger partial charge in [-0.15, -0.1) is 0 Å². The molecule has 144 valence electrons. The van der Waals surface area contributed by atoms with Gasteiger partial charge in [-0.2, -0.15) is 11.8 Å². The highest BCUT2D eigenvalue weighted by molar-refractivity contribution is 8.00. The zero-order valence-electron chi connectivity index (χ0n) is 14.7. The van der Waals surface area contributed by atoms with Crippen molar-refractivity contribution in [1.82, 2.24) is 10.6 Å². The van der Waals surface area contributed by atoms with Gasteiger partial charge >= 0.3 is 6.03 Å². The fourth-order valence-electron chi connectivity index (χ4n) is 3.19. The highest BCUT2D eigenvalue weighted by Gasteiger charge is 2.42. The average molecular weight is 375 g/mol. The van der Waals surface area contributed by atoms with Crippen molar-refractivity contribution >= 4 is 23.6 Å². The number of hydrogen-bond acceptors (Lipinski definition) is 6. The molecule has 0 aromatic carbocycles. The Morgan fingerprint density at radius 1 is 1.08 bits per heavy atom. The third-order valence-electron chi connectivity index (χ3n) is 4.48. The van der Waals surface area contributed by atoms with Gasteiger partial charge in [-0.05, 0) is 19.3 Å². The van der Waals surface area contributed by atoms with E-state index in [2.05, 4.69) is 10.6 Å². The van der Waals surface area contributed by atoms with Gasteiger partial charge in [0.1, 0.15) is 5.78 Å². The number of urea groups is 1. The Bertz CT molecular complexity index is 424. The summed E-state index contributed by atoms with van der Waals surface area (Å²) >= 11 is 1.92. The normalized spacial score (nSPS) is 24.8. The number of hydrogen-bond donors (Lipinski definition) is 3. The first-order valence-corrected chi connectivity index (χ1v) is 10.2. The summed E-state index contributed by atoms with van der Waals surface area (Å²) in [7, 11) is 0. The molecule has 0 aliphatic carbocycles. The van der Waals surface area contributed by atoms with Crippen LogP contribution in [0.2, 0.25) is 0 Å². The van der Waals surface area contributed by atoms with E-state index in [-0.39, 0.29) is 24.7 Å². The highest BCUT2D eigenvalue weighted by atomic mass is 32.2. The van der Waals surface area contributed by atoms with E-state index >= 15 is 0 Å². The molecular weight excluding hydrogens is 344 g/mol. The van der Waals surface area contributed by atoms with E-state index in [0.29, 0.717) is 50.3 Å². The van der Waals surface area contributed by atoms with E-state index in [1.807, 2.05) is 11.8 Å². The fraction of sp³-hybridized carbons (Fsp3) is 0.882. The summed E-state index contributed by atoms with van der Waals surface area (Å²) in [5.74, 6) is 1.28. The van der Waals surface area contributed by atoms with Crippen LogP contribution in [0.3, 0.4) is 0 Å². The van der Waals surface area contributed by atoms with Crippen molar-refractivity contribution in [2.24, 2.45) is 0 Å². The largest absolute Gasteiger partial charge is 0.394 e. The van der Waals surface area contributed by atoms with Gasteiger partial charge in [0.25, 0.3) is 0 Å². The first-order valence-electron chi connectivity index (χ1n) is 9.17. The van der Waals surface area contributed by atoms with Crippen molar-refractivity contribution in [2.75, 3.05) is 38.8 Å². The molecule has 2 rings (SSSR count). The van der Waals surface area contributed by atoms with Crippen LogP contribution in [0.4, 0.5) is 4.79 Å². The molecule has 0 unspecified atom stereocenters. The Balaban J connectivity index is 1.41. The van der Waals surface area contributed by atoms with Gasteiger partial charge in [-0.3, -0.25) is 4.79 Å². The fourth-order valence-corrected chi connectivity index (χ4v) is 4.74. The number of fused-ring (bicyclic) bond motifs is 1. The number of aliphatic hydroxyl groups excluding tert-OH is 1. The van der Waals surface area contributed by atoms with Gasteiger partial charge in [-0.25, -0.2) is 4.79 Å². The van der Waals surface area contributed by atoms with E-state index in [4.69, 9.17) is 14.6 Å². The van der Waals surface area contributed by atoms with Gasteiger partial charge in [0.05, 0.1) is 38.5 Å².